The number of hydrogen-bond donors (Lipinski definition) is 0. The molecule has 0 aromatic heterocycles. The van der Waals surface area contributed by atoms with Crippen LogP contribution in [0.5, 0.6) is 0 Å². The Morgan fingerprint density at radius 1 is 0.471 bits per heavy atom. The van der Waals surface area contributed by atoms with Crippen LogP contribution in [0.3, 0.4) is 0 Å². The zero-order chi connectivity index (χ0) is 10.8. The van der Waals surface area contributed by atoms with Gasteiger partial charge in [0.15, 0.2) is 0 Å². The molecule has 0 aliphatic carbocycles. The molecule has 0 amide bonds. The maximum Gasteiger partial charge on any atom is 0.268 e. The minimum absolute atomic E-state index is 0. The summed E-state index contributed by atoms with van der Waals surface area (Å²) in [5.41, 5.74) is 0. The van der Waals surface area contributed by atoms with E-state index in [4.69, 9.17) is 0 Å². The maximum absolute atomic E-state index is 2.76. The number of rotatable bonds is 3. The molecule has 5 heteroatoms. The second-order valence-electron chi connectivity index (χ2n) is 5.15. The van der Waals surface area contributed by atoms with Gasteiger partial charge in [-0.15, -0.1) is 0 Å². The predicted octanol–water partition coefficient (Wildman–Crippen LogP) is -1.36. The van der Waals surface area contributed by atoms with E-state index in [9.17, 15) is 0 Å². The molecule has 0 atom stereocenters. The highest BCUT2D eigenvalue weighted by molar-refractivity contribution is 7.90. The minimum atomic E-state index is 0. The molecule has 3 heterocycles. The van der Waals surface area contributed by atoms with Crippen molar-refractivity contribution in [2.75, 3.05) is 39.3 Å². The molecule has 3 aliphatic rings. The van der Waals surface area contributed by atoms with Crippen LogP contribution in [-0.4, -0.2) is 52.2 Å². The number of nitrogens with zero attached hydrogens (tertiary/aromatic N) is 3. The second kappa shape index (κ2) is 6.93. The first kappa shape index (κ1) is 14.4. The standard InChI is InChI=1S/C12H24N3S.HI/c1-2-8-13(7-1)16(14-9-3-4-10-14)15-11-5-6-12-15;/h1-12H2;1H/q+1;/p-1. The van der Waals surface area contributed by atoms with Crippen molar-refractivity contribution in [1.29, 1.82) is 0 Å². The molecule has 3 fully saturated rings. The fraction of sp³-hybridized carbons (Fsp3) is 1.00. The van der Waals surface area contributed by atoms with Crippen molar-refractivity contribution in [2.24, 2.45) is 0 Å². The first-order chi connectivity index (χ1) is 7.95. The van der Waals surface area contributed by atoms with Gasteiger partial charge in [-0.05, 0) is 38.5 Å². The first-order valence-corrected chi connectivity index (χ1v) is 8.04. The largest absolute Gasteiger partial charge is 1.00 e. The minimum Gasteiger partial charge on any atom is -1.00 e. The summed E-state index contributed by atoms with van der Waals surface area (Å²) in [6, 6.07) is 0. The molecule has 0 aromatic carbocycles. The molecule has 0 aromatic rings. The summed E-state index contributed by atoms with van der Waals surface area (Å²) in [6.07, 6.45) is 8.53. The van der Waals surface area contributed by atoms with Gasteiger partial charge in [-0.25, -0.2) is 0 Å². The van der Waals surface area contributed by atoms with Gasteiger partial charge in [0.2, 0.25) is 0 Å². The third-order valence-electron chi connectivity index (χ3n) is 3.89. The molecule has 0 bridgehead atoms. The summed E-state index contributed by atoms with van der Waals surface area (Å²) in [5, 5.41) is 0. The Kier molecular flexibility index (Phi) is 5.86. The smallest absolute Gasteiger partial charge is 0.268 e. The highest BCUT2D eigenvalue weighted by atomic mass is 127. The van der Waals surface area contributed by atoms with E-state index in [0.29, 0.717) is 11.5 Å². The molecule has 0 spiro atoms. The van der Waals surface area contributed by atoms with Crippen molar-refractivity contribution < 1.29 is 24.0 Å². The molecule has 0 radical (unpaired) electrons. The normalized spacial score (nSPS) is 28.1. The Labute approximate surface area is 126 Å². The molecule has 3 aliphatic heterocycles. The van der Waals surface area contributed by atoms with E-state index in [1.807, 2.05) is 0 Å². The van der Waals surface area contributed by atoms with Crippen LogP contribution in [0.1, 0.15) is 38.5 Å². The Hall–Kier alpha value is 0.960. The quantitative estimate of drug-likeness (QED) is 0.450. The Balaban J connectivity index is 0.00000108. The molecule has 0 N–H and O–H groups in total. The van der Waals surface area contributed by atoms with Gasteiger partial charge in [-0.1, -0.05) is 12.9 Å². The summed E-state index contributed by atoms with van der Waals surface area (Å²) in [5.74, 6) is 0. The fourth-order valence-corrected chi connectivity index (χ4v) is 5.78. The monoisotopic (exact) mass is 369 g/mol. The van der Waals surface area contributed by atoms with Gasteiger partial charge in [0.1, 0.15) is 0 Å². The van der Waals surface area contributed by atoms with Crippen LogP contribution < -0.4 is 24.0 Å². The molecule has 3 nitrogen and oxygen atoms in total. The molecule has 3 saturated heterocycles. The van der Waals surface area contributed by atoms with Crippen LogP contribution >= 0.6 is 0 Å². The zero-order valence-corrected chi connectivity index (χ0v) is 13.6. The SMILES string of the molecule is C1CCN([S+](N2CCCC2)N2CCCC2)C1.[I-]. The third kappa shape index (κ3) is 3.29. The van der Waals surface area contributed by atoms with E-state index < -0.39 is 0 Å². The van der Waals surface area contributed by atoms with E-state index in [1.165, 1.54) is 77.8 Å². The Morgan fingerprint density at radius 2 is 0.706 bits per heavy atom. The van der Waals surface area contributed by atoms with Crippen molar-refractivity contribution in [3.63, 3.8) is 0 Å². The third-order valence-corrected chi connectivity index (χ3v) is 6.37. The Morgan fingerprint density at radius 3 is 0.941 bits per heavy atom. The highest BCUT2D eigenvalue weighted by Crippen LogP contribution is 2.28. The van der Waals surface area contributed by atoms with E-state index in [2.05, 4.69) is 12.9 Å². The fourth-order valence-electron chi connectivity index (χ4n) is 3.04. The summed E-state index contributed by atoms with van der Waals surface area (Å²) < 4.78 is 8.28. The van der Waals surface area contributed by atoms with E-state index in [0.717, 1.165) is 0 Å². The van der Waals surface area contributed by atoms with E-state index >= 15 is 0 Å². The van der Waals surface area contributed by atoms with Crippen LogP contribution in [0.25, 0.3) is 0 Å². The van der Waals surface area contributed by atoms with Crippen LogP contribution in [0.2, 0.25) is 0 Å². The molecule has 17 heavy (non-hydrogen) atoms. The van der Waals surface area contributed by atoms with E-state index in [1.54, 1.807) is 0 Å². The van der Waals surface area contributed by atoms with Gasteiger partial charge >= 0.3 is 0 Å². The summed E-state index contributed by atoms with van der Waals surface area (Å²) in [6.45, 7) is 8.06. The van der Waals surface area contributed by atoms with Gasteiger partial charge < -0.3 is 24.0 Å². The van der Waals surface area contributed by atoms with Crippen molar-refractivity contribution in [3.8, 4) is 0 Å². The average molecular weight is 369 g/mol. The summed E-state index contributed by atoms with van der Waals surface area (Å²) in [4.78, 5) is 0. The van der Waals surface area contributed by atoms with Gasteiger partial charge in [-0.3, -0.25) is 0 Å². The van der Waals surface area contributed by atoms with Crippen LogP contribution in [0.4, 0.5) is 0 Å². The van der Waals surface area contributed by atoms with E-state index in [-0.39, 0.29) is 24.0 Å². The molecule has 0 unspecified atom stereocenters. The van der Waals surface area contributed by atoms with Crippen molar-refractivity contribution >= 4 is 11.5 Å². The zero-order valence-electron chi connectivity index (χ0n) is 10.6. The lowest BCUT2D eigenvalue weighted by Crippen LogP contribution is -3.00. The van der Waals surface area contributed by atoms with Crippen molar-refractivity contribution in [1.82, 2.24) is 12.9 Å². The average Bonchev–Trinajstić information content (AvgIpc) is 3.02. The van der Waals surface area contributed by atoms with Gasteiger partial charge in [0.05, 0.1) is 0 Å². The topological polar surface area (TPSA) is 9.72 Å². The Bertz CT molecular complexity index is 186. The van der Waals surface area contributed by atoms with Crippen LogP contribution in [0.15, 0.2) is 0 Å². The predicted molar refractivity (Wildman–Crippen MR) is 69.8 cm³/mol. The lowest BCUT2D eigenvalue weighted by molar-refractivity contribution is -0.00000347. The molecule has 100 valence electrons. The summed E-state index contributed by atoms with van der Waals surface area (Å²) >= 11 is 0.350. The lowest BCUT2D eigenvalue weighted by atomic mass is 10.4. The number of hydrogen-bond acceptors (Lipinski definition) is 3. The number of halogens is 1. The van der Waals surface area contributed by atoms with Gasteiger partial charge in [0.25, 0.3) is 11.5 Å². The van der Waals surface area contributed by atoms with Gasteiger partial charge in [0, 0.05) is 39.3 Å². The maximum atomic E-state index is 2.76. The molecular formula is C12H24IN3S. The molecule has 0 saturated carbocycles. The van der Waals surface area contributed by atoms with Crippen molar-refractivity contribution in [2.45, 2.75) is 38.5 Å². The highest BCUT2D eigenvalue weighted by Gasteiger charge is 2.46. The first-order valence-electron chi connectivity index (χ1n) is 6.95. The molecular weight excluding hydrogens is 345 g/mol. The molecule has 3 rings (SSSR count). The van der Waals surface area contributed by atoms with Gasteiger partial charge in [-0.2, -0.15) is 0 Å². The lowest BCUT2D eigenvalue weighted by Gasteiger charge is -2.27. The van der Waals surface area contributed by atoms with Crippen LogP contribution in [-0.2, 0) is 11.5 Å². The summed E-state index contributed by atoms with van der Waals surface area (Å²) in [7, 11) is 0. The second-order valence-corrected chi connectivity index (χ2v) is 7.19. The van der Waals surface area contributed by atoms with Crippen molar-refractivity contribution in [3.05, 3.63) is 0 Å². The van der Waals surface area contributed by atoms with Crippen LogP contribution in [0, 0.1) is 0 Å².